The van der Waals surface area contributed by atoms with Gasteiger partial charge >= 0.3 is 6.18 Å². The Morgan fingerprint density at radius 1 is 1.12 bits per heavy atom. The topological polar surface area (TPSA) is 46.6 Å². The van der Waals surface area contributed by atoms with E-state index in [1.807, 2.05) is 24.3 Å². The average molecular weight is 385 g/mol. The Bertz CT molecular complexity index is 897. The van der Waals surface area contributed by atoms with E-state index in [1.165, 1.54) is 7.05 Å². The molecule has 0 aromatic heterocycles. The molecule has 0 aliphatic carbocycles. The first kappa shape index (κ1) is 18.9. The normalized spacial score (nSPS) is 18.0. The fourth-order valence-corrected chi connectivity index (χ4v) is 4.17. The highest BCUT2D eigenvalue weighted by atomic mass is 32.2. The highest BCUT2D eigenvalue weighted by molar-refractivity contribution is 7.89. The number of fused-ring (bicyclic) bond motifs is 1. The molecule has 0 bridgehead atoms. The number of rotatable bonds is 4. The third-order valence-corrected chi connectivity index (χ3v) is 6.19. The Morgan fingerprint density at radius 2 is 1.81 bits per heavy atom. The van der Waals surface area contributed by atoms with Gasteiger partial charge in [0.1, 0.15) is 0 Å². The predicted molar refractivity (Wildman–Crippen MR) is 90.0 cm³/mol. The summed E-state index contributed by atoms with van der Waals surface area (Å²) in [4.78, 5) is -0.383. The van der Waals surface area contributed by atoms with Crippen LogP contribution in [0.4, 0.5) is 13.2 Å². The summed E-state index contributed by atoms with van der Waals surface area (Å²) in [5.41, 5.74) is 1.16. The molecule has 1 heterocycles. The summed E-state index contributed by atoms with van der Waals surface area (Å²) in [6.45, 7) is 0.450. The van der Waals surface area contributed by atoms with Crippen molar-refractivity contribution in [2.75, 3.05) is 13.6 Å². The van der Waals surface area contributed by atoms with E-state index in [9.17, 15) is 21.6 Å². The first-order valence-corrected chi connectivity index (χ1v) is 9.44. The van der Waals surface area contributed by atoms with Crippen molar-refractivity contribution >= 4 is 10.0 Å². The van der Waals surface area contributed by atoms with Gasteiger partial charge in [-0.3, -0.25) is 0 Å². The molecule has 8 heteroatoms. The van der Waals surface area contributed by atoms with Gasteiger partial charge in [0.05, 0.1) is 23.2 Å². The van der Waals surface area contributed by atoms with E-state index in [0.29, 0.717) is 19.1 Å². The number of hydrogen-bond acceptors (Lipinski definition) is 3. The van der Waals surface area contributed by atoms with Crippen molar-refractivity contribution in [3.8, 4) is 0 Å². The lowest BCUT2D eigenvalue weighted by Crippen LogP contribution is -2.38. The zero-order valence-corrected chi connectivity index (χ0v) is 14.8. The first-order valence-electron chi connectivity index (χ1n) is 8.00. The van der Waals surface area contributed by atoms with Gasteiger partial charge in [0.25, 0.3) is 0 Å². The van der Waals surface area contributed by atoms with E-state index in [-0.39, 0.29) is 17.5 Å². The Hall–Kier alpha value is -1.90. The Kier molecular flexibility index (Phi) is 5.09. The lowest BCUT2D eigenvalue weighted by Gasteiger charge is -2.28. The van der Waals surface area contributed by atoms with Crippen molar-refractivity contribution in [1.29, 1.82) is 0 Å². The van der Waals surface area contributed by atoms with Crippen LogP contribution in [0.25, 0.3) is 0 Å². The molecular weight excluding hydrogens is 367 g/mol. The van der Waals surface area contributed by atoms with Gasteiger partial charge in [-0.25, -0.2) is 8.42 Å². The molecule has 1 aliphatic heterocycles. The second-order valence-electron chi connectivity index (χ2n) is 6.22. The average Bonchev–Trinajstić information content (AvgIpc) is 2.61. The maximum Gasteiger partial charge on any atom is 0.416 e. The second-order valence-corrected chi connectivity index (χ2v) is 8.26. The molecule has 0 radical (unpaired) electrons. The molecule has 4 nitrogen and oxygen atoms in total. The van der Waals surface area contributed by atoms with Gasteiger partial charge in [-0.1, -0.05) is 30.3 Å². The summed E-state index contributed by atoms with van der Waals surface area (Å²) >= 11 is 0. The Morgan fingerprint density at radius 3 is 2.50 bits per heavy atom. The van der Waals surface area contributed by atoms with Gasteiger partial charge in [0.15, 0.2) is 0 Å². The fourth-order valence-electron chi connectivity index (χ4n) is 2.92. The van der Waals surface area contributed by atoms with Gasteiger partial charge in [-0.15, -0.1) is 0 Å². The van der Waals surface area contributed by atoms with Crippen LogP contribution in [0.2, 0.25) is 0 Å². The summed E-state index contributed by atoms with van der Waals surface area (Å²) in [5.74, 6) is 0. The third kappa shape index (κ3) is 3.92. The molecule has 1 aliphatic rings. The number of hydrogen-bond donors (Lipinski definition) is 0. The van der Waals surface area contributed by atoms with Crippen molar-refractivity contribution in [1.82, 2.24) is 4.31 Å². The minimum Gasteiger partial charge on any atom is -0.372 e. The summed E-state index contributed by atoms with van der Waals surface area (Å²) in [6, 6.07) is 11.5. The van der Waals surface area contributed by atoms with Crippen molar-refractivity contribution in [2.24, 2.45) is 0 Å². The fraction of sp³-hybridized carbons (Fsp3) is 0.333. The lowest BCUT2D eigenvalue weighted by molar-refractivity contribution is -0.137. The summed E-state index contributed by atoms with van der Waals surface area (Å²) in [6.07, 6.45) is -4.39. The van der Waals surface area contributed by atoms with Crippen molar-refractivity contribution in [3.63, 3.8) is 0 Å². The van der Waals surface area contributed by atoms with Crippen LogP contribution >= 0.6 is 0 Å². The number of halogens is 3. The number of ether oxygens (including phenoxy) is 1. The molecule has 0 N–H and O–H groups in total. The highest BCUT2D eigenvalue weighted by Gasteiger charge is 2.33. The number of nitrogens with zero attached hydrogens (tertiary/aromatic N) is 1. The summed E-state index contributed by atoms with van der Waals surface area (Å²) in [5, 5.41) is 0. The van der Waals surface area contributed by atoms with Crippen LogP contribution < -0.4 is 0 Å². The van der Waals surface area contributed by atoms with Gasteiger partial charge in [0.2, 0.25) is 10.0 Å². The van der Waals surface area contributed by atoms with Gasteiger partial charge in [-0.2, -0.15) is 17.5 Å². The monoisotopic (exact) mass is 385 g/mol. The second kappa shape index (κ2) is 7.02. The van der Waals surface area contributed by atoms with Gasteiger partial charge in [-0.05, 0) is 29.3 Å². The first-order chi connectivity index (χ1) is 12.2. The maximum atomic E-state index is 12.8. The Labute approximate surface area is 150 Å². The SMILES string of the molecule is CN(CC1Cc2ccccc2CO1)S(=O)(=O)c1cccc(C(F)(F)F)c1. The molecule has 0 saturated carbocycles. The molecule has 0 spiro atoms. The highest BCUT2D eigenvalue weighted by Crippen LogP contribution is 2.31. The Balaban J connectivity index is 1.76. The van der Waals surface area contributed by atoms with Crippen LogP contribution in [0.5, 0.6) is 0 Å². The maximum absolute atomic E-state index is 12.8. The summed E-state index contributed by atoms with van der Waals surface area (Å²) < 4.78 is 70.5. The van der Waals surface area contributed by atoms with Crippen molar-refractivity contribution in [2.45, 2.75) is 30.2 Å². The van der Waals surface area contributed by atoms with Crippen LogP contribution in [-0.4, -0.2) is 32.4 Å². The van der Waals surface area contributed by atoms with Crippen LogP contribution in [0.3, 0.4) is 0 Å². The molecule has 0 fully saturated rings. The lowest BCUT2D eigenvalue weighted by atomic mass is 9.99. The van der Waals surface area contributed by atoms with Gasteiger partial charge in [0, 0.05) is 20.0 Å². The van der Waals surface area contributed by atoms with E-state index in [1.54, 1.807) is 0 Å². The number of alkyl halides is 3. The molecule has 3 rings (SSSR count). The van der Waals surface area contributed by atoms with E-state index >= 15 is 0 Å². The van der Waals surface area contributed by atoms with Crippen molar-refractivity contribution in [3.05, 3.63) is 65.2 Å². The number of likely N-dealkylation sites (N-methyl/N-ethyl adjacent to an activating group) is 1. The van der Waals surface area contributed by atoms with E-state index < -0.39 is 21.8 Å². The number of sulfonamides is 1. The summed E-state index contributed by atoms with van der Waals surface area (Å²) in [7, 11) is -2.70. The quantitative estimate of drug-likeness (QED) is 0.810. The zero-order valence-electron chi connectivity index (χ0n) is 14.0. The third-order valence-electron chi connectivity index (χ3n) is 4.37. The smallest absolute Gasteiger partial charge is 0.372 e. The molecule has 26 heavy (non-hydrogen) atoms. The van der Waals surface area contributed by atoms with Crippen LogP contribution in [0.1, 0.15) is 16.7 Å². The molecule has 1 unspecified atom stereocenters. The molecular formula is C18H18F3NO3S. The molecule has 0 amide bonds. The molecule has 2 aromatic rings. The molecule has 140 valence electrons. The largest absolute Gasteiger partial charge is 0.416 e. The van der Waals surface area contributed by atoms with E-state index in [4.69, 9.17) is 4.74 Å². The van der Waals surface area contributed by atoms with Gasteiger partial charge < -0.3 is 4.74 Å². The van der Waals surface area contributed by atoms with Crippen LogP contribution in [0.15, 0.2) is 53.4 Å². The molecule has 0 saturated heterocycles. The van der Waals surface area contributed by atoms with E-state index in [0.717, 1.165) is 33.6 Å². The number of benzene rings is 2. The van der Waals surface area contributed by atoms with Crippen LogP contribution in [-0.2, 0) is 34.0 Å². The zero-order chi connectivity index (χ0) is 18.9. The molecule has 1 atom stereocenters. The van der Waals surface area contributed by atoms with Crippen molar-refractivity contribution < 1.29 is 26.3 Å². The molecule has 2 aromatic carbocycles. The van der Waals surface area contributed by atoms with E-state index in [2.05, 4.69) is 0 Å². The minimum atomic E-state index is -4.60. The predicted octanol–water partition coefficient (Wildman–Crippen LogP) is 3.47. The minimum absolute atomic E-state index is 0.0624. The standard InChI is InChI=1S/C18H18F3NO3S/c1-22(11-16-9-13-5-2-3-6-14(13)12-25-16)26(23,24)17-8-4-7-15(10-17)18(19,20)21/h2-8,10,16H,9,11-12H2,1H3. The van der Waals surface area contributed by atoms with Crippen LogP contribution in [0, 0.1) is 0 Å².